The quantitative estimate of drug-likeness (QED) is 0.765. The van der Waals surface area contributed by atoms with E-state index < -0.39 is 0 Å². The average molecular weight is 264 g/mol. The Labute approximate surface area is 114 Å². The summed E-state index contributed by atoms with van der Waals surface area (Å²) >= 11 is 0. The molecule has 0 spiro atoms. The van der Waals surface area contributed by atoms with Crippen LogP contribution in [0.3, 0.4) is 0 Å². The summed E-state index contributed by atoms with van der Waals surface area (Å²) in [6.45, 7) is 7.81. The van der Waals surface area contributed by atoms with Gasteiger partial charge in [-0.25, -0.2) is 4.98 Å². The van der Waals surface area contributed by atoms with Crippen LogP contribution in [0.4, 0.5) is 5.82 Å². The largest absolute Gasteiger partial charge is 0.365 e. The second kappa shape index (κ2) is 5.74. The molecular formula is C14H24N4O. The van der Waals surface area contributed by atoms with E-state index in [2.05, 4.69) is 15.6 Å². The molecule has 1 heterocycles. The second-order valence-electron chi connectivity index (χ2n) is 6.13. The van der Waals surface area contributed by atoms with Crippen molar-refractivity contribution in [3.05, 3.63) is 22.7 Å². The fraction of sp³-hybridized carbons (Fsp3) is 0.714. The Morgan fingerprint density at radius 3 is 2.74 bits per heavy atom. The predicted octanol–water partition coefficient (Wildman–Crippen LogP) is 1.55. The SMILES string of the molecule is CC(C)(C)n1ccnc(NCCCNC2CC2)c1=O. The van der Waals surface area contributed by atoms with Gasteiger partial charge in [0.1, 0.15) is 0 Å². The van der Waals surface area contributed by atoms with Gasteiger partial charge in [0.15, 0.2) is 5.82 Å². The van der Waals surface area contributed by atoms with Crippen LogP contribution in [0.5, 0.6) is 0 Å². The van der Waals surface area contributed by atoms with Crippen molar-refractivity contribution in [3.8, 4) is 0 Å². The molecule has 0 aromatic carbocycles. The molecule has 1 aliphatic rings. The van der Waals surface area contributed by atoms with Crippen molar-refractivity contribution in [2.75, 3.05) is 18.4 Å². The first-order valence-electron chi connectivity index (χ1n) is 7.04. The molecule has 0 amide bonds. The number of hydrogen-bond donors (Lipinski definition) is 2. The Morgan fingerprint density at radius 1 is 1.37 bits per heavy atom. The third kappa shape index (κ3) is 4.06. The van der Waals surface area contributed by atoms with Crippen LogP contribution in [-0.2, 0) is 5.54 Å². The molecule has 1 fully saturated rings. The molecule has 1 aliphatic carbocycles. The second-order valence-corrected chi connectivity index (χ2v) is 6.13. The van der Waals surface area contributed by atoms with E-state index in [0.717, 1.165) is 25.6 Å². The van der Waals surface area contributed by atoms with Gasteiger partial charge in [0.25, 0.3) is 5.56 Å². The zero-order valence-electron chi connectivity index (χ0n) is 12.1. The maximum atomic E-state index is 12.2. The van der Waals surface area contributed by atoms with E-state index in [9.17, 15) is 4.79 Å². The number of aromatic nitrogens is 2. The first-order valence-corrected chi connectivity index (χ1v) is 7.04. The number of nitrogens with one attached hydrogen (secondary N) is 2. The maximum absolute atomic E-state index is 12.2. The third-order valence-corrected chi connectivity index (χ3v) is 3.22. The van der Waals surface area contributed by atoms with Crippen LogP contribution in [0, 0.1) is 0 Å². The average Bonchev–Trinajstić information content (AvgIpc) is 3.13. The predicted molar refractivity (Wildman–Crippen MR) is 77.6 cm³/mol. The number of anilines is 1. The van der Waals surface area contributed by atoms with Gasteiger partial charge < -0.3 is 15.2 Å². The molecule has 0 bridgehead atoms. The Morgan fingerprint density at radius 2 is 2.11 bits per heavy atom. The van der Waals surface area contributed by atoms with Crippen molar-refractivity contribution in [2.24, 2.45) is 0 Å². The molecular weight excluding hydrogens is 240 g/mol. The van der Waals surface area contributed by atoms with Crippen molar-refractivity contribution in [1.29, 1.82) is 0 Å². The van der Waals surface area contributed by atoms with Gasteiger partial charge in [-0.05, 0) is 46.6 Å². The normalized spacial score (nSPS) is 15.5. The Bertz CT molecular complexity index is 471. The molecule has 106 valence electrons. The van der Waals surface area contributed by atoms with Crippen molar-refractivity contribution in [2.45, 2.75) is 51.6 Å². The minimum absolute atomic E-state index is 0.0508. The third-order valence-electron chi connectivity index (χ3n) is 3.22. The number of hydrogen-bond acceptors (Lipinski definition) is 4. The van der Waals surface area contributed by atoms with Crippen molar-refractivity contribution < 1.29 is 0 Å². The summed E-state index contributed by atoms with van der Waals surface area (Å²) in [6, 6.07) is 0.743. The van der Waals surface area contributed by atoms with Crippen LogP contribution >= 0.6 is 0 Å². The van der Waals surface area contributed by atoms with Gasteiger partial charge in [-0.2, -0.15) is 0 Å². The van der Waals surface area contributed by atoms with Gasteiger partial charge in [0.2, 0.25) is 0 Å². The molecule has 1 aromatic heterocycles. The van der Waals surface area contributed by atoms with E-state index in [-0.39, 0.29) is 11.1 Å². The molecule has 5 heteroatoms. The van der Waals surface area contributed by atoms with E-state index in [1.165, 1.54) is 12.8 Å². The molecule has 0 aliphatic heterocycles. The van der Waals surface area contributed by atoms with Gasteiger partial charge in [-0.15, -0.1) is 0 Å². The van der Waals surface area contributed by atoms with Crippen LogP contribution in [0.25, 0.3) is 0 Å². The highest BCUT2D eigenvalue weighted by atomic mass is 16.1. The Hall–Kier alpha value is -1.36. The van der Waals surface area contributed by atoms with Crippen LogP contribution in [0.2, 0.25) is 0 Å². The summed E-state index contributed by atoms with van der Waals surface area (Å²) in [4.78, 5) is 16.4. The minimum atomic E-state index is -0.218. The molecule has 2 N–H and O–H groups in total. The minimum Gasteiger partial charge on any atom is -0.365 e. The Kier molecular flexibility index (Phi) is 4.24. The van der Waals surface area contributed by atoms with Gasteiger partial charge in [-0.1, -0.05) is 0 Å². The molecule has 0 radical (unpaired) electrons. The smallest absolute Gasteiger partial charge is 0.293 e. The number of nitrogens with zero attached hydrogens (tertiary/aromatic N) is 2. The highest BCUT2D eigenvalue weighted by molar-refractivity contribution is 5.30. The summed E-state index contributed by atoms with van der Waals surface area (Å²) in [6.07, 6.45) is 7.04. The van der Waals surface area contributed by atoms with Crippen LogP contribution in [0.15, 0.2) is 17.2 Å². The highest BCUT2D eigenvalue weighted by Gasteiger charge is 2.19. The van der Waals surface area contributed by atoms with Crippen molar-refractivity contribution >= 4 is 5.82 Å². The zero-order chi connectivity index (χ0) is 13.9. The van der Waals surface area contributed by atoms with Crippen LogP contribution in [0.1, 0.15) is 40.0 Å². The van der Waals surface area contributed by atoms with Crippen LogP contribution < -0.4 is 16.2 Å². The maximum Gasteiger partial charge on any atom is 0.293 e. The van der Waals surface area contributed by atoms with Gasteiger partial charge >= 0.3 is 0 Å². The topological polar surface area (TPSA) is 59.0 Å². The lowest BCUT2D eigenvalue weighted by atomic mass is 10.1. The van der Waals surface area contributed by atoms with Crippen molar-refractivity contribution in [1.82, 2.24) is 14.9 Å². The molecule has 0 atom stereocenters. The van der Waals surface area contributed by atoms with E-state index >= 15 is 0 Å². The van der Waals surface area contributed by atoms with Gasteiger partial charge in [-0.3, -0.25) is 4.79 Å². The van der Waals surface area contributed by atoms with Crippen molar-refractivity contribution in [3.63, 3.8) is 0 Å². The monoisotopic (exact) mass is 264 g/mol. The summed E-state index contributed by atoms with van der Waals surface area (Å²) in [5, 5.41) is 6.58. The first kappa shape index (κ1) is 14.1. The standard InChI is InChI=1S/C14H24N4O/c1-14(2,3)18-10-9-17-12(13(18)19)16-8-4-7-15-11-5-6-11/h9-11,15H,4-8H2,1-3H3,(H,16,17). The fourth-order valence-corrected chi connectivity index (χ4v) is 1.95. The summed E-state index contributed by atoms with van der Waals surface area (Å²) in [7, 11) is 0. The highest BCUT2D eigenvalue weighted by Crippen LogP contribution is 2.18. The lowest BCUT2D eigenvalue weighted by Crippen LogP contribution is -2.35. The fourth-order valence-electron chi connectivity index (χ4n) is 1.95. The lowest BCUT2D eigenvalue weighted by molar-refractivity contribution is 0.383. The lowest BCUT2D eigenvalue weighted by Gasteiger charge is -2.22. The molecule has 0 saturated heterocycles. The molecule has 0 unspecified atom stereocenters. The molecule has 19 heavy (non-hydrogen) atoms. The van der Waals surface area contributed by atoms with E-state index in [1.54, 1.807) is 17.0 Å². The summed E-state index contributed by atoms with van der Waals surface area (Å²) < 4.78 is 1.71. The first-order chi connectivity index (χ1) is 8.98. The molecule has 1 saturated carbocycles. The zero-order valence-corrected chi connectivity index (χ0v) is 12.1. The van der Waals surface area contributed by atoms with E-state index in [4.69, 9.17) is 0 Å². The Balaban J connectivity index is 1.87. The van der Waals surface area contributed by atoms with E-state index in [0.29, 0.717) is 5.82 Å². The van der Waals surface area contributed by atoms with Gasteiger partial charge in [0.05, 0.1) is 0 Å². The summed E-state index contributed by atoms with van der Waals surface area (Å²) in [5.41, 5.74) is -0.269. The molecule has 5 nitrogen and oxygen atoms in total. The van der Waals surface area contributed by atoms with E-state index in [1.807, 2.05) is 20.8 Å². The molecule has 2 rings (SSSR count). The summed E-state index contributed by atoms with van der Waals surface area (Å²) in [5.74, 6) is 0.448. The number of rotatable bonds is 6. The molecule has 1 aromatic rings. The van der Waals surface area contributed by atoms with Gasteiger partial charge in [0, 0.05) is 30.5 Å². The van der Waals surface area contributed by atoms with Crippen LogP contribution in [-0.4, -0.2) is 28.7 Å².